The number of hydrogen-bond acceptors (Lipinski definition) is 4. The molecule has 0 radical (unpaired) electrons. The van der Waals surface area contributed by atoms with Crippen LogP contribution in [0.25, 0.3) is 50.2 Å². The first-order valence-electron chi connectivity index (χ1n) is 14.4. The predicted octanol–water partition coefficient (Wildman–Crippen LogP) is 8.50. The fourth-order valence-corrected chi connectivity index (χ4v) is 4.95. The van der Waals surface area contributed by atoms with Crippen molar-refractivity contribution in [3.05, 3.63) is 133 Å². The topological polar surface area (TPSA) is 82.3 Å². The average molecular weight is 553 g/mol. The molecular formula is C36H36N6. The summed E-state index contributed by atoms with van der Waals surface area (Å²) >= 11 is 0. The molecule has 3 aromatic carbocycles. The second-order valence-electron chi connectivity index (χ2n) is 9.61. The van der Waals surface area contributed by atoms with E-state index in [0.29, 0.717) is 0 Å². The van der Waals surface area contributed by atoms with E-state index in [4.69, 9.17) is 4.98 Å². The SMILES string of the molecule is C=C/C(=C\C(=C/C)c1ccc2[nH]nc(-c3nc4c(-c5ccncc5)cccc4[nH]3)c2c1)CNCc1ccccc1.CC. The van der Waals surface area contributed by atoms with Crippen LogP contribution in [0.2, 0.25) is 0 Å². The highest BCUT2D eigenvalue weighted by atomic mass is 15.1. The van der Waals surface area contributed by atoms with Crippen LogP contribution < -0.4 is 5.32 Å². The predicted molar refractivity (Wildman–Crippen MR) is 176 cm³/mol. The quantitative estimate of drug-likeness (QED) is 0.157. The number of rotatable bonds is 9. The summed E-state index contributed by atoms with van der Waals surface area (Å²) in [5.41, 5.74) is 10.4. The second-order valence-corrected chi connectivity index (χ2v) is 9.61. The van der Waals surface area contributed by atoms with E-state index in [1.807, 2.05) is 50.3 Å². The van der Waals surface area contributed by atoms with Gasteiger partial charge in [-0.2, -0.15) is 5.10 Å². The van der Waals surface area contributed by atoms with E-state index in [9.17, 15) is 0 Å². The maximum absolute atomic E-state index is 4.99. The number of aromatic nitrogens is 5. The van der Waals surface area contributed by atoms with Gasteiger partial charge in [0.2, 0.25) is 0 Å². The summed E-state index contributed by atoms with van der Waals surface area (Å²) in [6.07, 6.45) is 9.83. The zero-order valence-electron chi connectivity index (χ0n) is 24.4. The van der Waals surface area contributed by atoms with E-state index in [1.54, 1.807) is 12.4 Å². The monoisotopic (exact) mass is 552 g/mol. The van der Waals surface area contributed by atoms with Gasteiger partial charge in [-0.05, 0) is 65.1 Å². The summed E-state index contributed by atoms with van der Waals surface area (Å²) in [7, 11) is 0. The van der Waals surface area contributed by atoms with Crippen molar-refractivity contribution in [2.45, 2.75) is 27.3 Å². The summed E-state index contributed by atoms with van der Waals surface area (Å²) in [5.74, 6) is 0.731. The van der Waals surface area contributed by atoms with E-state index in [-0.39, 0.29) is 0 Å². The first-order chi connectivity index (χ1) is 20.7. The van der Waals surface area contributed by atoms with Crippen LogP contribution in [0.15, 0.2) is 122 Å². The van der Waals surface area contributed by atoms with Crippen molar-refractivity contribution in [2.75, 3.05) is 6.54 Å². The smallest absolute Gasteiger partial charge is 0.159 e. The van der Waals surface area contributed by atoms with Gasteiger partial charge in [0.05, 0.1) is 16.6 Å². The van der Waals surface area contributed by atoms with Crippen LogP contribution in [0.1, 0.15) is 31.9 Å². The summed E-state index contributed by atoms with van der Waals surface area (Å²) < 4.78 is 0. The summed E-state index contributed by atoms with van der Waals surface area (Å²) in [4.78, 5) is 12.6. The van der Waals surface area contributed by atoms with E-state index in [2.05, 4.69) is 99.7 Å². The van der Waals surface area contributed by atoms with Crippen LogP contribution in [0.3, 0.4) is 0 Å². The molecule has 210 valence electrons. The Morgan fingerprint density at radius 2 is 1.74 bits per heavy atom. The molecular weight excluding hydrogens is 516 g/mol. The van der Waals surface area contributed by atoms with Gasteiger partial charge in [0.1, 0.15) is 5.69 Å². The average Bonchev–Trinajstić information content (AvgIpc) is 3.68. The standard InChI is InChI=1S/C34H30N6.C2H6/c1-3-23(21-36-22-24-9-6-5-7-10-24)19-25(4-2)27-13-14-30-29(20-27)33(40-39-30)34-37-31-12-8-11-28(32(31)38-34)26-15-17-35-18-16-26;1-2/h3-20,36H,1,21-22H2,2H3,(H,37,38)(H,39,40);1-2H3/b23-19+,25-4+;. The molecule has 3 N–H and O–H groups in total. The van der Waals surface area contributed by atoms with Gasteiger partial charge >= 0.3 is 0 Å². The fraction of sp³-hybridized carbons (Fsp3) is 0.139. The Kier molecular flexibility index (Phi) is 9.17. The molecule has 0 bridgehead atoms. The number of nitrogens with zero attached hydrogens (tertiary/aromatic N) is 3. The molecule has 0 amide bonds. The van der Waals surface area contributed by atoms with E-state index in [0.717, 1.165) is 74.4 Å². The number of nitrogens with one attached hydrogen (secondary N) is 3. The van der Waals surface area contributed by atoms with Gasteiger partial charge < -0.3 is 10.3 Å². The Morgan fingerprint density at radius 1 is 0.929 bits per heavy atom. The lowest BCUT2D eigenvalue weighted by Gasteiger charge is -2.09. The number of para-hydroxylation sites is 1. The Balaban J connectivity index is 0.00000173. The van der Waals surface area contributed by atoms with Crippen molar-refractivity contribution < 1.29 is 0 Å². The van der Waals surface area contributed by atoms with Crippen LogP contribution in [0.5, 0.6) is 0 Å². The number of imidazole rings is 1. The molecule has 6 nitrogen and oxygen atoms in total. The van der Waals surface area contributed by atoms with E-state index in [1.165, 1.54) is 5.56 Å². The third-order valence-corrected chi connectivity index (χ3v) is 7.04. The highest BCUT2D eigenvalue weighted by molar-refractivity contribution is 5.98. The summed E-state index contributed by atoms with van der Waals surface area (Å²) in [5, 5.41) is 12.4. The van der Waals surface area contributed by atoms with Gasteiger partial charge in [-0.3, -0.25) is 10.1 Å². The number of hydrogen-bond donors (Lipinski definition) is 3. The highest BCUT2D eigenvalue weighted by Gasteiger charge is 2.16. The molecule has 6 aromatic rings. The van der Waals surface area contributed by atoms with E-state index < -0.39 is 0 Å². The zero-order chi connectivity index (χ0) is 29.3. The molecule has 3 heterocycles. The first-order valence-corrected chi connectivity index (χ1v) is 14.4. The van der Waals surface area contributed by atoms with Crippen LogP contribution in [-0.4, -0.2) is 31.7 Å². The number of pyridine rings is 1. The molecule has 0 atom stereocenters. The number of benzene rings is 3. The molecule has 0 fully saturated rings. The molecule has 0 aliphatic carbocycles. The third-order valence-electron chi connectivity index (χ3n) is 7.04. The van der Waals surface area contributed by atoms with Crippen molar-refractivity contribution >= 4 is 27.5 Å². The number of fused-ring (bicyclic) bond motifs is 2. The van der Waals surface area contributed by atoms with Crippen molar-refractivity contribution in [3.63, 3.8) is 0 Å². The molecule has 0 saturated heterocycles. The maximum Gasteiger partial charge on any atom is 0.159 e. The Hall–Kier alpha value is -5.07. The zero-order valence-corrected chi connectivity index (χ0v) is 24.4. The Bertz CT molecular complexity index is 1840. The number of aromatic amines is 2. The molecule has 0 aliphatic heterocycles. The summed E-state index contributed by atoms with van der Waals surface area (Å²) in [6.45, 7) is 11.6. The highest BCUT2D eigenvalue weighted by Crippen LogP contribution is 2.32. The van der Waals surface area contributed by atoms with Gasteiger partial charge in [0.25, 0.3) is 0 Å². The minimum atomic E-state index is 0.730. The van der Waals surface area contributed by atoms with Crippen LogP contribution in [0, 0.1) is 0 Å². The third kappa shape index (κ3) is 6.14. The van der Waals surface area contributed by atoms with Gasteiger partial charge in [0, 0.05) is 36.4 Å². The molecule has 0 aliphatic rings. The minimum absolute atomic E-state index is 0.730. The Morgan fingerprint density at radius 3 is 2.50 bits per heavy atom. The van der Waals surface area contributed by atoms with E-state index >= 15 is 0 Å². The van der Waals surface area contributed by atoms with Crippen LogP contribution in [0.4, 0.5) is 0 Å². The molecule has 3 aromatic heterocycles. The largest absolute Gasteiger partial charge is 0.337 e. The number of H-pyrrole nitrogens is 2. The Labute approximate surface area is 247 Å². The second kappa shape index (κ2) is 13.5. The molecule has 0 unspecified atom stereocenters. The molecule has 6 rings (SSSR count). The van der Waals surface area contributed by atoms with Gasteiger partial charge in [-0.15, -0.1) is 0 Å². The van der Waals surface area contributed by atoms with Crippen molar-refractivity contribution in [1.82, 2.24) is 30.5 Å². The van der Waals surface area contributed by atoms with Crippen LogP contribution >= 0.6 is 0 Å². The van der Waals surface area contributed by atoms with Crippen molar-refractivity contribution in [2.24, 2.45) is 0 Å². The minimum Gasteiger partial charge on any atom is -0.337 e. The van der Waals surface area contributed by atoms with Gasteiger partial charge in [-0.1, -0.05) is 87.2 Å². The van der Waals surface area contributed by atoms with Crippen LogP contribution in [-0.2, 0) is 6.54 Å². The van der Waals surface area contributed by atoms with Gasteiger partial charge in [-0.25, -0.2) is 4.98 Å². The lowest BCUT2D eigenvalue weighted by molar-refractivity contribution is 0.747. The van der Waals surface area contributed by atoms with Crippen molar-refractivity contribution in [1.29, 1.82) is 0 Å². The maximum atomic E-state index is 4.99. The number of allylic oxidation sites excluding steroid dienone is 3. The molecule has 42 heavy (non-hydrogen) atoms. The normalized spacial score (nSPS) is 11.9. The molecule has 6 heteroatoms. The van der Waals surface area contributed by atoms with Crippen molar-refractivity contribution in [3.8, 4) is 22.6 Å². The summed E-state index contributed by atoms with van der Waals surface area (Å²) in [6, 6.07) is 26.9. The fourth-order valence-electron chi connectivity index (χ4n) is 4.95. The molecule has 0 spiro atoms. The lowest BCUT2D eigenvalue weighted by Crippen LogP contribution is -2.15. The van der Waals surface area contributed by atoms with Gasteiger partial charge in [0.15, 0.2) is 5.82 Å². The lowest BCUT2D eigenvalue weighted by atomic mass is 10.00. The first kappa shape index (κ1) is 28.5. The molecule has 0 saturated carbocycles.